The first-order chi connectivity index (χ1) is 11.7. The Morgan fingerprint density at radius 2 is 1.88 bits per heavy atom. The molecule has 0 aliphatic carbocycles. The van der Waals surface area contributed by atoms with E-state index >= 15 is 0 Å². The standard InChI is InChI=1S/C17H15FN2O4/c1-21-11-7-8-12(15(9-11)22-2)17-19-16(24-20-17)10-23-14-6-4-3-5-13(14)18/h3-9H,10H2,1-2H3. The van der Waals surface area contributed by atoms with Crippen molar-refractivity contribution >= 4 is 0 Å². The van der Waals surface area contributed by atoms with Crippen LogP contribution in [0.2, 0.25) is 0 Å². The molecule has 0 saturated carbocycles. The van der Waals surface area contributed by atoms with Gasteiger partial charge in [0.05, 0.1) is 19.8 Å². The maximum Gasteiger partial charge on any atom is 0.264 e. The summed E-state index contributed by atoms with van der Waals surface area (Å²) in [6.45, 7) is -0.0353. The van der Waals surface area contributed by atoms with Gasteiger partial charge in [0.25, 0.3) is 5.89 Å². The van der Waals surface area contributed by atoms with E-state index in [9.17, 15) is 4.39 Å². The number of methoxy groups -OCH3 is 2. The van der Waals surface area contributed by atoms with Crippen molar-refractivity contribution in [3.8, 4) is 28.6 Å². The SMILES string of the molecule is COc1ccc(-c2noc(COc3ccccc3F)n2)c(OC)c1. The minimum atomic E-state index is -0.450. The second kappa shape index (κ2) is 6.99. The van der Waals surface area contributed by atoms with Crippen LogP contribution in [0.3, 0.4) is 0 Å². The van der Waals surface area contributed by atoms with Gasteiger partial charge in [-0.1, -0.05) is 17.3 Å². The summed E-state index contributed by atoms with van der Waals surface area (Å²) in [5, 5.41) is 3.90. The van der Waals surface area contributed by atoms with E-state index in [1.54, 1.807) is 44.6 Å². The first-order valence-corrected chi connectivity index (χ1v) is 7.13. The zero-order valence-electron chi connectivity index (χ0n) is 13.2. The van der Waals surface area contributed by atoms with E-state index in [4.69, 9.17) is 18.7 Å². The molecule has 0 spiro atoms. The Kier molecular flexibility index (Phi) is 4.60. The van der Waals surface area contributed by atoms with Crippen molar-refractivity contribution in [3.05, 3.63) is 54.2 Å². The van der Waals surface area contributed by atoms with E-state index in [0.717, 1.165) is 0 Å². The summed E-state index contributed by atoms with van der Waals surface area (Å²) in [4.78, 5) is 4.24. The fourth-order valence-electron chi connectivity index (χ4n) is 2.11. The van der Waals surface area contributed by atoms with Gasteiger partial charge in [-0.3, -0.25) is 0 Å². The van der Waals surface area contributed by atoms with Crippen molar-refractivity contribution in [2.75, 3.05) is 14.2 Å². The molecule has 24 heavy (non-hydrogen) atoms. The van der Waals surface area contributed by atoms with Crippen LogP contribution in [0.15, 0.2) is 47.0 Å². The molecular formula is C17H15FN2O4. The lowest BCUT2D eigenvalue weighted by Crippen LogP contribution is -1.97. The minimum Gasteiger partial charge on any atom is -0.497 e. The van der Waals surface area contributed by atoms with Gasteiger partial charge < -0.3 is 18.7 Å². The first-order valence-electron chi connectivity index (χ1n) is 7.13. The quantitative estimate of drug-likeness (QED) is 0.689. The van der Waals surface area contributed by atoms with Crippen LogP contribution in [0.1, 0.15) is 5.89 Å². The lowest BCUT2D eigenvalue weighted by atomic mass is 10.2. The summed E-state index contributed by atoms with van der Waals surface area (Å²) in [5.41, 5.74) is 0.652. The van der Waals surface area contributed by atoms with Crippen molar-refractivity contribution in [3.63, 3.8) is 0 Å². The fraction of sp³-hybridized carbons (Fsp3) is 0.176. The normalized spacial score (nSPS) is 10.5. The van der Waals surface area contributed by atoms with E-state index in [2.05, 4.69) is 10.1 Å². The maximum absolute atomic E-state index is 13.5. The van der Waals surface area contributed by atoms with Gasteiger partial charge in [-0.2, -0.15) is 4.98 Å². The van der Waals surface area contributed by atoms with Crippen LogP contribution in [-0.4, -0.2) is 24.4 Å². The summed E-state index contributed by atoms with van der Waals surface area (Å²) in [6, 6.07) is 11.4. The summed E-state index contributed by atoms with van der Waals surface area (Å²) >= 11 is 0. The van der Waals surface area contributed by atoms with E-state index in [-0.39, 0.29) is 18.2 Å². The highest BCUT2D eigenvalue weighted by Crippen LogP contribution is 2.31. The highest BCUT2D eigenvalue weighted by Gasteiger charge is 2.15. The molecule has 0 aliphatic rings. The molecule has 3 aromatic rings. The molecule has 0 bridgehead atoms. The second-order valence-electron chi connectivity index (χ2n) is 4.80. The minimum absolute atomic E-state index is 0.0353. The number of nitrogens with zero attached hydrogens (tertiary/aromatic N) is 2. The number of ether oxygens (including phenoxy) is 3. The van der Waals surface area contributed by atoms with E-state index < -0.39 is 5.82 Å². The molecule has 124 valence electrons. The van der Waals surface area contributed by atoms with Crippen molar-refractivity contribution in [1.29, 1.82) is 0 Å². The highest BCUT2D eigenvalue weighted by atomic mass is 19.1. The highest BCUT2D eigenvalue weighted by molar-refractivity contribution is 5.65. The zero-order chi connectivity index (χ0) is 16.9. The number of rotatable bonds is 6. The Labute approximate surface area is 137 Å². The lowest BCUT2D eigenvalue weighted by Gasteiger charge is -2.07. The lowest BCUT2D eigenvalue weighted by molar-refractivity contribution is 0.234. The molecule has 0 N–H and O–H groups in total. The summed E-state index contributed by atoms with van der Waals surface area (Å²) in [5.74, 6) is 1.46. The predicted molar refractivity (Wildman–Crippen MR) is 83.6 cm³/mol. The molecule has 1 heterocycles. The van der Waals surface area contributed by atoms with E-state index in [0.29, 0.717) is 22.9 Å². The van der Waals surface area contributed by atoms with Gasteiger partial charge in [-0.25, -0.2) is 4.39 Å². The number of hydrogen-bond donors (Lipinski definition) is 0. The van der Waals surface area contributed by atoms with Gasteiger partial charge in [0.1, 0.15) is 11.5 Å². The molecule has 3 rings (SSSR count). The number of para-hydroxylation sites is 1. The molecule has 0 saturated heterocycles. The van der Waals surface area contributed by atoms with Gasteiger partial charge in [0.15, 0.2) is 18.2 Å². The molecule has 7 heteroatoms. The van der Waals surface area contributed by atoms with Crippen LogP contribution >= 0.6 is 0 Å². The molecule has 0 fully saturated rings. The Morgan fingerprint density at radius 1 is 1.04 bits per heavy atom. The van der Waals surface area contributed by atoms with Crippen LogP contribution in [0.4, 0.5) is 4.39 Å². The molecule has 6 nitrogen and oxygen atoms in total. The molecule has 0 atom stereocenters. The average Bonchev–Trinajstić information content (AvgIpc) is 3.09. The predicted octanol–water partition coefficient (Wildman–Crippen LogP) is 3.47. The second-order valence-corrected chi connectivity index (χ2v) is 4.80. The molecule has 2 aromatic carbocycles. The zero-order valence-corrected chi connectivity index (χ0v) is 13.2. The Bertz CT molecular complexity index is 835. The van der Waals surface area contributed by atoms with Crippen molar-refractivity contribution in [2.24, 2.45) is 0 Å². The third-order valence-electron chi connectivity index (χ3n) is 3.31. The molecular weight excluding hydrogens is 315 g/mol. The van der Waals surface area contributed by atoms with Gasteiger partial charge in [-0.15, -0.1) is 0 Å². The third kappa shape index (κ3) is 3.29. The van der Waals surface area contributed by atoms with Crippen LogP contribution in [0.5, 0.6) is 17.2 Å². The Balaban J connectivity index is 1.77. The summed E-state index contributed by atoms with van der Waals surface area (Å²) < 4.78 is 34.5. The van der Waals surface area contributed by atoms with Crippen LogP contribution in [-0.2, 0) is 6.61 Å². The van der Waals surface area contributed by atoms with E-state index in [1.165, 1.54) is 12.1 Å². The topological polar surface area (TPSA) is 66.6 Å². The van der Waals surface area contributed by atoms with Crippen LogP contribution in [0.25, 0.3) is 11.4 Å². The van der Waals surface area contributed by atoms with Crippen molar-refractivity contribution < 1.29 is 23.1 Å². The third-order valence-corrected chi connectivity index (χ3v) is 3.31. The molecule has 0 amide bonds. The monoisotopic (exact) mass is 330 g/mol. The van der Waals surface area contributed by atoms with Gasteiger partial charge >= 0.3 is 0 Å². The number of hydrogen-bond acceptors (Lipinski definition) is 6. The van der Waals surface area contributed by atoms with Crippen LogP contribution < -0.4 is 14.2 Å². The molecule has 1 aromatic heterocycles. The van der Waals surface area contributed by atoms with Gasteiger partial charge in [-0.05, 0) is 24.3 Å². The largest absolute Gasteiger partial charge is 0.497 e. The molecule has 0 radical (unpaired) electrons. The van der Waals surface area contributed by atoms with Gasteiger partial charge in [0.2, 0.25) is 5.82 Å². The average molecular weight is 330 g/mol. The Hall–Kier alpha value is -3.09. The fourth-order valence-corrected chi connectivity index (χ4v) is 2.11. The number of halogens is 1. The Morgan fingerprint density at radius 3 is 2.62 bits per heavy atom. The summed E-state index contributed by atoms with van der Waals surface area (Å²) in [7, 11) is 3.11. The number of benzene rings is 2. The molecule has 0 aliphatic heterocycles. The number of aromatic nitrogens is 2. The molecule has 0 unspecified atom stereocenters. The van der Waals surface area contributed by atoms with E-state index in [1.807, 2.05) is 0 Å². The first kappa shape index (κ1) is 15.8. The smallest absolute Gasteiger partial charge is 0.264 e. The van der Waals surface area contributed by atoms with Gasteiger partial charge in [0, 0.05) is 6.07 Å². The summed E-state index contributed by atoms with van der Waals surface area (Å²) in [6.07, 6.45) is 0. The van der Waals surface area contributed by atoms with Crippen molar-refractivity contribution in [2.45, 2.75) is 6.61 Å². The maximum atomic E-state index is 13.5. The van der Waals surface area contributed by atoms with Crippen LogP contribution in [0, 0.1) is 5.82 Å². The van der Waals surface area contributed by atoms with Crippen molar-refractivity contribution in [1.82, 2.24) is 10.1 Å².